The minimum atomic E-state index is -4.57. The molecule has 2 amide bonds. The summed E-state index contributed by atoms with van der Waals surface area (Å²) < 4.78 is 46.9. The first-order valence-electron chi connectivity index (χ1n) is 10.5. The van der Waals surface area contributed by atoms with E-state index in [0.717, 1.165) is 17.4 Å². The number of aromatic nitrogens is 1. The van der Waals surface area contributed by atoms with Crippen LogP contribution in [-0.2, 0) is 10.9 Å². The molecule has 13 heteroatoms. The standard InChI is InChI=1S/C20H24F3N5O4S/c1-24-18(29)13-11-33-17-14(20(21,22)23)8-15(25-16(13)17)27-4-2-26(3-5-27)9-12-10-28(19(30)31)6-7-32-12/h8,11-12H,2-7,9-10H2,1H3,(H,24,29)(H,30,31). The number of pyridine rings is 1. The topological polar surface area (TPSA) is 98.2 Å². The fourth-order valence-electron chi connectivity index (χ4n) is 4.11. The van der Waals surface area contributed by atoms with Crippen LogP contribution in [0, 0.1) is 0 Å². The maximum absolute atomic E-state index is 13.8. The van der Waals surface area contributed by atoms with Crippen molar-refractivity contribution in [1.29, 1.82) is 0 Å². The van der Waals surface area contributed by atoms with Crippen LogP contribution in [-0.4, -0.2) is 97.5 Å². The average molecular weight is 488 g/mol. The highest BCUT2D eigenvalue weighted by molar-refractivity contribution is 7.17. The SMILES string of the molecule is CNC(=O)c1csc2c(C(F)(F)F)cc(N3CCN(CC4CN(C(=O)O)CCO4)CC3)nc12. The number of halogens is 3. The Balaban J connectivity index is 1.50. The number of nitrogens with one attached hydrogen (secondary N) is 1. The Morgan fingerprint density at radius 3 is 2.64 bits per heavy atom. The number of hydrogen-bond acceptors (Lipinski definition) is 7. The Kier molecular flexibility index (Phi) is 6.64. The lowest BCUT2D eigenvalue weighted by Gasteiger charge is -2.39. The van der Waals surface area contributed by atoms with Crippen LogP contribution >= 0.6 is 11.3 Å². The Bertz CT molecular complexity index is 1040. The highest BCUT2D eigenvalue weighted by Crippen LogP contribution is 2.40. The maximum Gasteiger partial charge on any atom is 0.417 e. The molecule has 1 atom stereocenters. The lowest BCUT2D eigenvalue weighted by atomic mass is 10.1. The maximum atomic E-state index is 13.8. The summed E-state index contributed by atoms with van der Waals surface area (Å²) >= 11 is 0.859. The van der Waals surface area contributed by atoms with E-state index in [0.29, 0.717) is 52.4 Å². The van der Waals surface area contributed by atoms with E-state index in [2.05, 4.69) is 15.2 Å². The first-order valence-corrected chi connectivity index (χ1v) is 11.3. The van der Waals surface area contributed by atoms with Gasteiger partial charge in [0, 0.05) is 51.7 Å². The smallest absolute Gasteiger partial charge is 0.417 e. The zero-order valence-corrected chi connectivity index (χ0v) is 18.7. The third-order valence-electron chi connectivity index (χ3n) is 5.85. The highest BCUT2D eigenvalue weighted by Gasteiger charge is 2.36. The summed E-state index contributed by atoms with van der Waals surface area (Å²) in [5, 5.41) is 13.0. The van der Waals surface area contributed by atoms with Crippen LogP contribution in [0.2, 0.25) is 0 Å². The number of morpholine rings is 1. The summed E-state index contributed by atoms with van der Waals surface area (Å²) in [6, 6.07) is 1.05. The molecule has 2 aliphatic heterocycles. The third kappa shape index (κ3) is 4.99. The molecule has 2 aliphatic rings. The predicted molar refractivity (Wildman–Crippen MR) is 116 cm³/mol. The number of ether oxygens (including phenoxy) is 1. The monoisotopic (exact) mass is 487 g/mol. The van der Waals surface area contributed by atoms with E-state index < -0.39 is 23.7 Å². The third-order valence-corrected chi connectivity index (χ3v) is 6.86. The van der Waals surface area contributed by atoms with Gasteiger partial charge in [0.2, 0.25) is 0 Å². The first-order chi connectivity index (χ1) is 15.7. The van der Waals surface area contributed by atoms with Gasteiger partial charge in [-0.2, -0.15) is 13.2 Å². The summed E-state index contributed by atoms with van der Waals surface area (Å²) in [5.74, 6) is -0.296. The number of rotatable bonds is 4. The van der Waals surface area contributed by atoms with Gasteiger partial charge in [0.25, 0.3) is 5.91 Å². The fraction of sp³-hybridized carbons (Fsp3) is 0.550. The Morgan fingerprint density at radius 2 is 2.00 bits per heavy atom. The van der Waals surface area contributed by atoms with Gasteiger partial charge < -0.3 is 25.0 Å². The molecule has 2 saturated heterocycles. The van der Waals surface area contributed by atoms with E-state index in [4.69, 9.17) is 4.74 Å². The van der Waals surface area contributed by atoms with Gasteiger partial charge in [0.15, 0.2) is 0 Å². The van der Waals surface area contributed by atoms with E-state index in [9.17, 15) is 27.9 Å². The van der Waals surface area contributed by atoms with Crippen LogP contribution in [0.5, 0.6) is 0 Å². The van der Waals surface area contributed by atoms with Crippen molar-refractivity contribution >= 4 is 39.4 Å². The fourth-order valence-corrected chi connectivity index (χ4v) is 5.14. The van der Waals surface area contributed by atoms with Crippen LogP contribution in [0.4, 0.5) is 23.8 Å². The molecule has 0 spiro atoms. The minimum Gasteiger partial charge on any atom is -0.465 e. The molecule has 4 rings (SSSR count). The molecule has 2 aromatic heterocycles. The van der Waals surface area contributed by atoms with Crippen LogP contribution < -0.4 is 10.2 Å². The van der Waals surface area contributed by atoms with Crippen molar-refractivity contribution in [3.05, 3.63) is 22.6 Å². The molecule has 0 aromatic carbocycles. The van der Waals surface area contributed by atoms with Gasteiger partial charge in [-0.05, 0) is 6.07 Å². The van der Waals surface area contributed by atoms with Gasteiger partial charge in [0.1, 0.15) is 5.82 Å². The summed E-state index contributed by atoms with van der Waals surface area (Å²) in [5.41, 5.74) is -0.619. The first kappa shape index (κ1) is 23.5. The van der Waals surface area contributed by atoms with Crippen molar-refractivity contribution < 1.29 is 32.6 Å². The molecular weight excluding hydrogens is 463 g/mol. The summed E-state index contributed by atoms with van der Waals surface area (Å²) in [7, 11) is 1.42. The van der Waals surface area contributed by atoms with Crippen molar-refractivity contribution in [2.24, 2.45) is 0 Å². The molecule has 2 N–H and O–H groups in total. The number of piperazine rings is 1. The summed E-state index contributed by atoms with van der Waals surface area (Å²) in [6.07, 6.45) is -5.79. The van der Waals surface area contributed by atoms with Crippen LogP contribution in [0.3, 0.4) is 0 Å². The second-order valence-corrected chi connectivity index (χ2v) is 8.82. The number of carbonyl (C=O) groups is 2. The number of thiophene rings is 1. The second-order valence-electron chi connectivity index (χ2n) is 7.94. The van der Waals surface area contributed by atoms with E-state index in [-0.39, 0.29) is 27.7 Å². The van der Waals surface area contributed by atoms with Crippen molar-refractivity contribution in [3.8, 4) is 0 Å². The molecule has 2 fully saturated rings. The second kappa shape index (κ2) is 9.31. The zero-order chi connectivity index (χ0) is 23.8. The number of carbonyl (C=O) groups excluding carboxylic acids is 1. The van der Waals surface area contributed by atoms with Gasteiger partial charge in [-0.15, -0.1) is 11.3 Å². The number of amides is 2. The van der Waals surface area contributed by atoms with Gasteiger partial charge in [0.05, 0.1) is 40.6 Å². The summed E-state index contributed by atoms with van der Waals surface area (Å²) in [4.78, 5) is 33.0. The van der Waals surface area contributed by atoms with E-state index >= 15 is 0 Å². The lowest BCUT2D eigenvalue weighted by molar-refractivity contribution is -0.136. The Hall–Kier alpha value is -2.64. The van der Waals surface area contributed by atoms with Crippen LogP contribution in [0.25, 0.3) is 10.2 Å². The lowest BCUT2D eigenvalue weighted by Crippen LogP contribution is -2.53. The zero-order valence-electron chi connectivity index (χ0n) is 17.9. The number of hydrogen-bond donors (Lipinski definition) is 2. The molecule has 0 saturated carbocycles. The molecular formula is C20H24F3N5O4S. The molecule has 33 heavy (non-hydrogen) atoms. The molecule has 0 radical (unpaired) electrons. The number of anilines is 1. The van der Waals surface area contributed by atoms with Gasteiger partial charge in [-0.1, -0.05) is 0 Å². The number of carboxylic acid groups (broad SMARTS) is 1. The van der Waals surface area contributed by atoms with Crippen molar-refractivity contribution in [1.82, 2.24) is 20.1 Å². The minimum absolute atomic E-state index is 0.0518. The Morgan fingerprint density at radius 1 is 1.27 bits per heavy atom. The average Bonchev–Trinajstić information content (AvgIpc) is 3.22. The number of alkyl halides is 3. The van der Waals surface area contributed by atoms with Crippen molar-refractivity contribution in [3.63, 3.8) is 0 Å². The normalized spacial score (nSPS) is 20.3. The van der Waals surface area contributed by atoms with Crippen molar-refractivity contribution in [2.45, 2.75) is 12.3 Å². The number of nitrogens with zero attached hydrogens (tertiary/aromatic N) is 4. The molecule has 9 nitrogen and oxygen atoms in total. The molecule has 2 aromatic rings. The Labute approximate surface area is 191 Å². The van der Waals surface area contributed by atoms with E-state index in [1.807, 2.05) is 0 Å². The van der Waals surface area contributed by atoms with Crippen molar-refractivity contribution in [2.75, 3.05) is 64.4 Å². The van der Waals surface area contributed by atoms with E-state index in [1.165, 1.54) is 17.3 Å². The van der Waals surface area contributed by atoms with Gasteiger partial charge >= 0.3 is 12.3 Å². The van der Waals surface area contributed by atoms with Crippen LogP contribution in [0.1, 0.15) is 15.9 Å². The highest BCUT2D eigenvalue weighted by atomic mass is 32.1. The molecule has 0 aliphatic carbocycles. The van der Waals surface area contributed by atoms with Gasteiger partial charge in [-0.25, -0.2) is 9.78 Å². The quantitative estimate of drug-likeness (QED) is 0.682. The molecule has 4 heterocycles. The molecule has 0 bridgehead atoms. The molecule has 1 unspecified atom stereocenters. The summed E-state index contributed by atoms with van der Waals surface area (Å²) in [6.45, 7) is 3.56. The number of fused-ring (bicyclic) bond motifs is 1. The van der Waals surface area contributed by atoms with Gasteiger partial charge in [-0.3, -0.25) is 9.69 Å². The molecule has 180 valence electrons. The largest absolute Gasteiger partial charge is 0.465 e. The predicted octanol–water partition coefficient (Wildman–Crippen LogP) is 2.18. The van der Waals surface area contributed by atoms with E-state index in [1.54, 1.807) is 4.90 Å². The van der Waals surface area contributed by atoms with Crippen LogP contribution in [0.15, 0.2) is 11.4 Å².